The molecule has 0 amide bonds. The van der Waals surface area contributed by atoms with Crippen LogP contribution in [0.1, 0.15) is 41.6 Å². The third-order valence-electron chi connectivity index (χ3n) is 7.27. The number of furan rings is 1. The van der Waals surface area contributed by atoms with E-state index in [4.69, 9.17) is 19.0 Å². The smallest absolute Gasteiger partial charge is 0.338 e. The van der Waals surface area contributed by atoms with Gasteiger partial charge < -0.3 is 19.0 Å². The Labute approximate surface area is 249 Å². The normalized spacial score (nSPS) is 14.9. The minimum absolute atomic E-state index is 0.174. The molecule has 2 aromatic heterocycles. The number of carboxylic acids is 1. The first-order valence-corrected chi connectivity index (χ1v) is 14.3. The summed E-state index contributed by atoms with van der Waals surface area (Å²) >= 11 is 1.20. The predicted octanol–water partition coefficient (Wildman–Crippen LogP) is 4.92. The van der Waals surface area contributed by atoms with Gasteiger partial charge in [-0.15, -0.1) is 0 Å². The summed E-state index contributed by atoms with van der Waals surface area (Å²) in [5.74, 6) is 0.0996. The third kappa shape index (κ3) is 4.95. The summed E-state index contributed by atoms with van der Waals surface area (Å²) in [4.78, 5) is 43.7. The molecule has 1 atom stereocenters. The minimum atomic E-state index is -1.01. The van der Waals surface area contributed by atoms with Crippen LogP contribution in [0.15, 0.2) is 98.3 Å². The highest BCUT2D eigenvalue weighted by atomic mass is 32.1. The van der Waals surface area contributed by atoms with Gasteiger partial charge in [-0.2, -0.15) is 0 Å². The number of allylic oxidation sites excluding steroid dienone is 1. The van der Waals surface area contributed by atoms with Gasteiger partial charge in [0.05, 0.1) is 41.1 Å². The van der Waals surface area contributed by atoms with Crippen molar-refractivity contribution in [3.63, 3.8) is 0 Å². The molecule has 0 radical (unpaired) electrons. The molecule has 1 aliphatic heterocycles. The Kier molecular flexibility index (Phi) is 7.29. The van der Waals surface area contributed by atoms with Crippen LogP contribution in [0.5, 0.6) is 5.75 Å². The van der Waals surface area contributed by atoms with Crippen LogP contribution in [-0.2, 0) is 9.53 Å². The van der Waals surface area contributed by atoms with Gasteiger partial charge in [0.25, 0.3) is 5.56 Å². The van der Waals surface area contributed by atoms with Crippen molar-refractivity contribution in [2.24, 2.45) is 4.99 Å². The number of hydrogen-bond acceptors (Lipinski definition) is 8. The van der Waals surface area contributed by atoms with Crippen LogP contribution in [0.25, 0.3) is 28.2 Å². The first-order chi connectivity index (χ1) is 20.8. The summed E-state index contributed by atoms with van der Waals surface area (Å²) in [6.45, 7) is 3.66. The van der Waals surface area contributed by atoms with Gasteiger partial charge in [0, 0.05) is 17.0 Å². The Hall–Kier alpha value is -5.22. The van der Waals surface area contributed by atoms with Crippen molar-refractivity contribution in [1.29, 1.82) is 0 Å². The highest BCUT2D eigenvalue weighted by Crippen LogP contribution is 2.38. The summed E-state index contributed by atoms with van der Waals surface area (Å²) in [6.07, 6.45) is 1.64. The summed E-state index contributed by atoms with van der Waals surface area (Å²) < 4.78 is 18.9. The lowest BCUT2D eigenvalue weighted by atomic mass is 9.91. The molecule has 5 aromatic rings. The van der Waals surface area contributed by atoms with Gasteiger partial charge in [-0.05, 0) is 55.1 Å². The summed E-state index contributed by atoms with van der Waals surface area (Å²) in [5.41, 5.74) is 2.06. The second-order valence-corrected chi connectivity index (χ2v) is 10.8. The molecule has 3 aromatic carbocycles. The summed E-state index contributed by atoms with van der Waals surface area (Å²) in [6, 6.07) is 20.4. The number of hydrogen-bond donors (Lipinski definition) is 1. The summed E-state index contributed by atoms with van der Waals surface area (Å²) in [5, 5.41) is 10.9. The maximum atomic E-state index is 14.1. The van der Waals surface area contributed by atoms with Gasteiger partial charge in [0.1, 0.15) is 17.3 Å². The molecule has 0 spiro atoms. The van der Waals surface area contributed by atoms with E-state index in [-0.39, 0.29) is 17.7 Å². The number of carbonyl (C=O) groups is 2. The van der Waals surface area contributed by atoms with Gasteiger partial charge in [0.15, 0.2) is 4.80 Å². The molecule has 3 heterocycles. The van der Waals surface area contributed by atoms with Crippen LogP contribution in [0.2, 0.25) is 0 Å². The lowest BCUT2D eigenvalue weighted by Crippen LogP contribution is -2.40. The number of nitrogens with zero attached hydrogens (tertiary/aromatic N) is 2. The van der Waals surface area contributed by atoms with Crippen molar-refractivity contribution in [1.82, 2.24) is 4.57 Å². The molecule has 0 saturated carbocycles. The summed E-state index contributed by atoms with van der Waals surface area (Å²) in [7, 11) is 1.60. The number of methoxy groups -OCH3 is 1. The van der Waals surface area contributed by atoms with E-state index < -0.39 is 18.0 Å². The van der Waals surface area contributed by atoms with Gasteiger partial charge in [0.2, 0.25) is 0 Å². The van der Waals surface area contributed by atoms with E-state index in [1.54, 1.807) is 55.9 Å². The molecule has 9 nitrogen and oxygen atoms in total. The zero-order chi connectivity index (χ0) is 30.2. The van der Waals surface area contributed by atoms with Crippen LogP contribution in [0, 0.1) is 0 Å². The van der Waals surface area contributed by atoms with E-state index in [1.807, 2.05) is 36.4 Å². The molecule has 0 unspecified atom stereocenters. The van der Waals surface area contributed by atoms with E-state index in [9.17, 15) is 14.4 Å². The van der Waals surface area contributed by atoms with Gasteiger partial charge >= 0.3 is 11.9 Å². The van der Waals surface area contributed by atoms with Gasteiger partial charge in [-0.3, -0.25) is 9.36 Å². The molecular weight excluding hydrogens is 568 g/mol. The number of carboxylic acid groups (broad SMARTS) is 1. The minimum Gasteiger partial charge on any atom is -0.496 e. The molecule has 0 saturated heterocycles. The Balaban J connectivity index is 1.50. The quantitative estimate of drug-likeness (QED) is 0.266. The number of aromatic carboxylic acids is 1. The highest BCUT2D eigenvalue weighted by molar-refractivity contribution is 7.07. The lowest BCUT2D eigenvalue weighted by Gasteiger charge is -2.26. The molecule has 0 bridgehead atoms. The third-order valence-corrected chi connectivity index (χ3v) is 8.25. The number of benzene rings is 3. The number of fused-ring (bicyclic) bond motifs is 2. The van der Waals surface area contributed by atoms with Crippen LogP contribution in [-0.4, -0.2) is 35.3 Å². The zero-order valence-corrected chi connectivity index (χ0v) is 24.3. The Morgan fingerprint density at radius 3 is 2.49 bits per heavy atom. The van der Waals surface area contributed by atoms with Crippen molar-refractivity contribution in [2.75, 3.05) is 13.7 Å². The first kappa shape index (κ1) is 27.9. The molecular formula is C33H26N2O7S. The van der Waals surface area contributed by atoms with Crippen LogP contribution in [0.3, 0.4) is 0 Å². The van der Waals surface area contributed by atoms with Gasteiger partial charge in [-0.25, -0.2) is 14.6 Å². The number of aromatic nitrogens is 1. The fraction of sp³-hybridized carbons (Fsp3) is 0.152. The number of esters is 1. The molecule has 1 aliphatic rings. The number of ether oxygens (including phenoxy) is 2. The molecule has 6 rings (SSSR count). The van der Waals surface area contributed by atoms with E-state index in [2.05, 4.69) is 4.99 Å². The highest BCUT2D eigenvalue weighted by Gasteiger charge is 2.34. The first-order valence-electron chi connectivity index (χ1n) is 13.5. The van der Waals surface area contributed by atoms with E-state index >= 15 is 0 Å². The van der Waals surface area contributed by atoms with Crippen LogP contribution >= 0.6 is 11.3 Å². The number of thiazole rings is 1. The lowest BCUT2D eigenvalue weighted by molar-refractivity contribution is -0.139. The maximum Gasteiger partial charge on any atom is 0.338 e. The SMILES string of the molecule is CCOC(=O)C1=C(C)N=c2s/c(=C\c3ccc(-c4ccc(C(=O)O)cc4)o3)c(=O)n2[C@@H]1c1ccc(OC)c2ccccc12. The van der Waals surface area contributed by atoms with Crippen LogP contribution in [0.4, 0.5) is 0 Å². The maximum absolute atomic E-state index is 14.1. The molecule has 43 heavy (non-hydrogen) atoms. The molecule has 10 heteroatoms. The predicted molar refractivity (Wildman–Crippen MR) is 162 cm³/mol. The molecule has 1 N–H and O–H groups in total. The molecule has 0 fully saturated rings. The van der Waals surface area contributed by atoms with E-state index in [1.165, 1.54) is 23.5 Å². The monoisotopic (exact) mass is 594 g/mol. The van der Waals surface area contributed by atoms with E-state index in [0.29, 0.717) is 43.4 Å². The zero-order valence-electron chi connectivity index (χ0n) is 23.5. The Bertz CT molecular complexity index is 2120. The second-order valence-electron chi connectivity index (χ2n) is 9.79. The van der Waals surface area contributed by atoms with Crippen molar-refractivity contribution in [3.8, 4) is 17.1 Å². The van der Waals surface area contributed by atoms with Crippen LogP contribution < -0.4 is 19.6 Å². The average molecular weight is 595 g/mol. The topological polar surface area (TPSA) is 120 Å². The Morgan fingerprint density at radius 2 is 1.79 bits per heavy atom. The van der Waals surface area contributed by atoms with Crippen molar-refractivity contribution < 1.29 is 28.6 Å². The standard InChI is InChI=1S/C33H26N2O7S/c1-4-41-32(39)28-18(2)34-33-35(29(28)24-14-16-26(40-3)23-8-6-5-7-22(23)24)30(36)27(43-33)17-21-13-15-25(42-21)19-9-11-20(12-10-19)31(37)38/h5-17,29H,4H2,1-3H3,(H,37,38)/b27-17-/t29-/m1/s1. The fourth-order valence-corrected chi connectivity index (χ4v) is 6.32. The van der Waals surface area contributed by atoms with Crippen molar-refractivity contribution in [3.05, 3.63) is 121 Å². The Morgan fingerprint density at radius 1 is 1.05 bits per heavy atom. The van der Waals surface area contributed by atoms with E-state index in [0.717, 1.165) is 16.3 Å². The van der Waals surface area contributed by atoms with Crippen molar-refractivity contribution >= 4 is 40.1 Å². The van der Waals surface area contributed by atoms with Crippen molar-refractivity contribution in [2.45, 2.75) is 19.9 Å². The number of carbonyl (C=O) groups excluding carboxylic acids is 1. The van der Waals surface area contributed by atoms with Gasteiger partial charge in [-0.1, -0.05) is 53.8 Å². The molecule has 216 valence electrons. The number of rotatable bonds is 7. The average Bonchev–Trinajstić information content (AvgIpc) is 3.60. The largest absolute Gasteiger partial charge is 0.496 e. The second kappa shape index (κ2) is 11.2. The molecule has 0 aliphatic carbocycles. The fourth-order valence-electron chi connectivity index (χ4n) is 5.29.